The highest BCUT2D eigenvalue weighted by atomic mass is 35.5. The molecule has 0 saturated heterocycles. The molecule has 1 atom stereocenters. The van der Waals surface area contributed by atoms with E-state index >= 15 is 0 Å². The highest BCUT2D eigenvalue weighted by Crippen LogP contribution is 2.28. The molecule has 20 heavy (non-hydrogen) atoms. The lowest BCUT2D eigenvalue weighted by atomic mass is 10.0. The van der Waals surface area contributed by atoms with Crippen LogP contribution in [0, 0.1) is 17.5 Å². The van der Waals surface area contributed by atoms with Gasteiger partial charge in [-0.05, 0) is 35.9 Å². The molecular weight excluding hydrogens is 312 g/mol. The number of hydrogen-bond donors (Lipinski definition) is 1. The lowest BCUT2D eigenvalue weighted by Gasteiger charge is -2.14. The Morgan fingerprint density at radius 2 is 1.65 bits per heavy atom. The Morgan fingerprint density at radius 3 is 2.35 bits per heavy atom. The molecule has 0 aliphatic heterocycles. The molecule has 1 N–H and O–H groups in total. The van der Waals surface area contributed by atoms with E-state index in [9.17, 15) is 18.3 Å². The van der Waals surface area contributed by atoms with Gasteiger partial charge in [0.05, 0.1) is 11.1 Å². The summed E-state index contributed by atoms with van der Waals surface area (Å²) in [6, 6.07) is 5.23. The van der Waals surface area contributed by atoms with E-state index in [1.807, 2.05) is 0 Å². The molecule has 106 valence electrons. The summed E-state index contributed by atoms with van der Waals surface area (Å²) >= 11 is 11.3. The number of rotatable bonds is 3. The summed E-state index contributed by atoms with van der Waals surface area (Å²) in [5, 5.41) is 9.82. The van der Waals surface area contributed by atoms with Gasteiger partial charge in [-0.1, -0.05) is 23.2 Å². The molecule has 6 heteroatoms. The first-order chi connectivity index (χ1) is 9.38. The summed E-state index contributed by atoms with van der Waals surface area (Å²) in [5.41, 5.74) is 0.0427. The van der Waals surface area contributed by atoms with Gasteiger partial charge in [-0.15, -0.1) is 0 Å². The lowest BCUT2D eigenvalue weighted by molar-refractivity contribution is 0.173. The van der Waals surface area contributed by atoms with Crippen molar-refractivity contribution in [2.75, 3.05) is 0 Å². The van der Waals surface area contributed by atoms with E-state index < -0.39 is 23.6 Å². The maximum atomic E-state index is 13.6. The van der Waals surface area contributed by atoms with E-state index in [1.54, 1.807) is 0 Å². The minimum Gasteiger partial charge on any atom is -0.388 e. The van der Waals surface area contributed by atoms with Crippen molar-refractivity contribution in [2.45, 2.75) is 12.5 Å². The van der Waals surface area contributed by atoms with Crippen molar-refractivity contribution in [3.63, 3.8) is 0 Å². The van der Waals surface area contributed by atoms with Gasteiger partial charge in [-0.2, -0.15) is 0 Å². The van der Waals surface area contributed by atoms with Crippen molar-refractivity contribution in [1.82, 2.24) is 0 Å². The van der Waals surface area contributed by atoms with Crippen LogP contribution in [0.15, 0.2) is 30.3 Å². The van der Waals surface area contributed by atoms with Crippen LogP contribution in [-0.2, 0) is 6.42 Å². The molecule has 0 aromatic heterocycles. The quantitative estimate of drug-likeness (QED) is 0.814. The number of aliphatic hydroxyl groups excluding tert-OH is 1. The molecular formula is C14H9Cl2F3O. The predicted octanol–water partition coefficient (Wildman–Crippen LogP) is 4.69. The molecule has 0 spiro atoms. The normalized spacial score (nSPS) is 12.5. The zero-order valence-electron chi connectivity index (χ0n) is 10.0. The monoisotopic (exact) mass is 320 g/mol. The molecule has 0 bridgehead atoms. The maximum absolute atomic E-state index is 13.6. The summed E-state index contributed by atoms with van der Waals surface area (Å²) in [6.07, 6.45) is -1.50. The molecule has 0 fully saturated rings. The summed E-state index contributed by atoms with van der Waals surface area (Å²) in [5.74, 6) is -2.21. The van der Waals surface area contributed by atoms with Gasteiger partial charge in [0, 0.05) is 17.0 Å². The van der Waals surface area contributed by atoms with Crippen LogP contribution in [0.1, 0.15) is 17.2 Å². The largest absolute Gasteiger partial charge is 0.388 e. The minimum atomic E-state index is -1.36. The van der Waals surface area contributed by atoms with Gasteiger partial charge >= 0.3 is 0 Å². The zero-order chi connectivity index (χ0) is 14.9. The van der Waals surface area contributed by atoms with E-state index in [2.05, 4.69) is 0 Å². The fourth-order valence-corrected chi connectivity index (χ4v) is 2.16. The van der Waals surface area contributed by atoms with E-state index in [-0.39, 0.29) is 22.0 Å². The SMILES string of the molecule is OC(Cc1cc(F)ccc1Cl)c1cc(F)c(Cl)cc1F. The number of hydrogen-bond acceptors (Lipinski definition) is 1. The molecule has 2 aromatic rings. The molecule has 2 aromatic carbocycles. The van der Waals surface area contributed by atoms with E-state index in [4.69, 9.17) is 23.2 Å². The van der Waals surface area contributed by atoms with Crippen LogP contribution < -0.4 is 0 Å². The first kappa shape index (κ1) is 15.2. The molecule has 1 unspecified atom stereocenters. The third-order valence-corrected chi connectivity index (χ3v) is 3.48. The molecule has 0 radical (unpaired) electrons. The Kier molecular flexibility index (Phi) is 4.58. The Hall–Kier alpha value is -1.23. The van der Waals surface area contributed by atoms with Gasteiger partial charge in [0.1, 0.15) is 17.5 Å². The van der Waals surface area contributed by atoms with E-state index in [0.29, 0.717) is 5.56 Å². The maximum Gasteiger partial charge on any atom is 0.142 e. The third-order valence-electron chi connectivity index (χ3n) is 2.82. The summed E-state index contributed by atoms with van der Waals surface area (Å²) in [6.45, 7) is 0. The fraction of sp³-hybridized carbons (Fsp3) is 0.143. The smallest absolute Gasteiger partial charge is 0.142 e. The Balaban J connectivity index is 2.30. The summed E-state index contributed by atoms with van der Waals surface area (Å²) in [4.78, 5) is 0. The average Bonchev–Trinajstić information content (AvgIpc) is 2.38. The van der Waals surface area contributed by atoms with Crippen molar-refractivity contribution >= 4 is 23.2 Å². The van der Waals surface area contributed by atoms with Crippen molar-refractivity contribution in [3.05, 3.63) is 69.0 Å². The van der Waals surface area contributed by atoms with Crippen LogP contribution in [-0.4, -0.2) is 5.11 Å². The van der Waals surface area contributed by atoms with Gasteiger partial charge in [0.15, 0.2) is 0 Å². The standard InChI is InChI=1S/C14H9Cl2F3O/c15-10-2-1-8(17)3-7(10)4-14(20)9-5-13(19)11(16)6-12(9)18/h1-3,5-6,14,20H,4H2. The molecule has 2 rings (SSSR count). The van der Waals surface area contributed by atoms with Crippen molar-refractivity contribution < 1.29 is 18.3 Å². The Bertz CT molecular complexity index is 647. The average molecular weight is 321 g/mol. The minimum absolute atomic E-state index is 0.144. The summed E-state index contributed by atoms with van der Waals surface area (Å²) < 4.78 is 40.1. The van der Waals surface area contributed by atoms with Crippen LogP contribution >= 0.6 is 23.2 Å². The first-order valence-corrected chi connectivity index (χ1v) is 6.40. The van der Waals surface area contributed by atoms with Crippen LogP contribution in [0.5, 0.6) is 0 Å². The Labute approximate surface area is 123 Å². The zero-order valence-corrected chi connectivity index (χ0v) is 11.5. The van der Waals surface area contributed by atoms with E-state index in [0.717, 1.165) is 18.2 Å². The van der Waals surface area contributed by atoms with Gasteiger partial charge in [0.25, 0.3) is 0 Å². The van der Waals surface area contributed by atoms with Crippen LogP contribution in [0.25, 0.3) is 0 Å². The van der Waals surface area contributed by atoms with Crippen LogP contribution in [0.4, 0.5) is 13.2 Å². The highest BCUT2D eigenvalue weighted by Gasteiger charge is 2.18. The molecule has 0 aliphatic carbocycles. The molecule has 0 heterocycles. The number of benzene rings is 2. The van der Waals surface area contributed by atoms with Crippen molar-refractivity contribution in [2.24, 2.45) is 0 Å². The summed E-state index contributed by atoms with van der Waals surface area (Å²) in [7, 11) is 0. The Morgan fingerprint density at radius 1 is 0.950 bits per heavy atom. The molecule has 1 nitrogen and oxygen atoms in total. The highest BCUT2D eigenvalue weighted by molar-refractivity contribution is 6.31. The topological polar surface area (TPSA) is 20.2 Å². The van der Waals surface area contributed by atoms with Gasteiger partial charge < -0.3 is 5.11 Å². The van der Waals surface area contributed by atoms with Gasteiger partial charge in [-0.3, -0.25) is 0 Å². The second kappa shape index (κ2) is 6.04. The molecule has 0 amide bonds. The van der Waals surface area contributed by atoms with Crippen LogP contribution in [0.3, 0.4) is 0 Å². The van der Waals surface area contributed by atoms with Gasteiger partial charge in [0.2, 0.25) is 0 Å². The molecule has 0 aliphatic rings. The van der Waals surface area contributed by atoms with Crippen LogP contribution in [0.2, 0.25) is 10.0 Å². The predicted molar refractivity (Wildman–Crippen MR) is 71.4 cm³/mol. The number of halogens is 5. The number of aliphatic hydroxyl groups is 1. The second-order valence-corrected chi connectivity index (χ2v) is 5.06. The molecule has 0 saturated carbocycles. The first-order valence-electron chi connectivity index (χ1n) is 5.65. The fourth-order valence-electron chi connectivity index (χ4n) is 1.81. The lowest BCUT2D eigenvalue weighted by Crippen LogP contribution is -2.06. The third kappa shape index (κ3) is 3.26. The van der Waals surface area contributed by atoms with Gasteiger partial charge in [-0.25, -0.2) is 13.2 Å². The van der Waals surface area contributed by atoms with E-state index in [1.165, 1.54) is 12.1 Å². The van der Waals surface area contributed by atoms with Crippen molar-refractivity contribution in [3.8, 4) is 0 Å². The van der Waals surface area contributed by atoms with Crippen molar-refractivity contribution in [1.29, 1.82) is 0 Å². The second-order valence-electron chi connectivity index (χ2n) is 4.24.